The summed E-state index contributed by atoms with van der Waals surface area (Å²) >= 11 is 0. The van der Waals surface area contributed by atoms with Crippen molar-refractivity contribution in [1.29, 1.82) is 0 Å². The Morgan fingerprint density at radius 1 is 1.47 bits per heavy atom. The van der Waals surface area contributed by atoms with E-state index in [4.69, 9.17) is 5.11 Å². The van der Waals surface area contributed by atoms with E-state index in [1.165, 1.54) is 0 Å². The zero-order valence-electron chi connectivity index (χ0n) is 11.4. The minimum absolute atomic E-state index is 0.0158. The van der Waals surface area contributed by atoms with Gasteiger partial charge in [-0.15, -0.1) is 0 Å². The second kappa shape index (κ2) is 5.70. The highest BCUT2D eigenvalue weighted by Gasteiger charge is 2.31. The lowest BCUT2D eigenvalue weighted by Crippen LogP contribution is -2.45. The van der Waals surface area contributed by atoms with E-state index in [0.717, 1.165) is 0 Å². The van der Waals surface area contributed by atoms with Crippen LogP contribution in [0.2, 0.25) is 0 Å². The number of nitrogens with one attached hydrogen (secondary N) is 2. The SMILES string of the molecule is CCC(C)[C@H](NS(=O)(=O)c1c(C)n[nH]c1C)C(=O)O. The molecule has 1 aromatic rings. The summed E-state index contributed by atoms with van der Waals surface area (Å²) in [4.78, 5) is 11.2. The molecular weight excluding hydrogens is 270 g/mol. The Labute approximate surface area is 112 Å². The number of aromatic amines is 1. The first kappa shape index (κ1) is 15.6. The number of hydrogen-bond donors (Lipinski definition) is 3. The van der Waals surface area contributed by atoms with E-state index in [-0.39, 0.29) is 10.8 Å². The molecule has 108 valence electrons. The molecule has 0 spiro atoms. The van der Waals surface area contributed by atoms with Crippen molar-refractivity contribution in [1.82, 2.24) is 14.9 Å². The van der Waals surface area contributed by atoms with Gasteiger partial charge in [0.2, 0.25) is 10.0 Å². The molecule has 0 aliphatic heterocycles. The normalized spacial score (nSPS) is 15.2. The van der Waals surface area contributed by atoms with Gasteiger partial charge in [0.25, 0.3) is 0 Å². The molecule has 3 N–H and O–H groups in total. The maximum Gasteiger partial charge on any atom is 0.322 e. The van der Waals surface area contributed by atoms with Gasteiger partial charge in [-0.05, 0) is 19.8 Å². The Morgan fingerprint density at radius 3 is 2.42 bits per heavy atom. The largest absolute Gasteiger partial charge is 0.480 e. The summed E-state index contributed by atoms with van der Waals surface area (Å²) < 4.78 is 26.7. The van der Waals surface area contributed by atoms with E-state index in [1.54, 1.807) is 20.8 Å². The van der Waals surface area contributed by atoms with Crippen molar-refractivity contribution in [3.63, 3.8) is 0 Å². The molecule has 0 aliphatic carbocycles. The zero-order valence-corrected chi connectivity index (χ0v) is 12.2. The van der Waals surface area contributed by atoms with Crippen LogP contribution in [0.1, 0.15) is 31.7 Å². The summed E-state index contributed by atoms with van der Waals surface area (Å²) in [5.41, 5.74) is 0.705. The highest BCUT2D eigenvalue weighted by molar-refractivity contribution is 7.89. The number of rotatable bonds is 6. The zero-order chi connectivity index (χ0) is 14.8. The molecule has 0 aromatic carbocycles. The van der Waals surface area contributed by atoms with Crippen LogP contribution in [0.4, 0.5) is 0 Å². The third kappa shape index (κ3) is 3.32. The fourth-order valence-corrected chi connectivity index (χ4v) is 3.48. The Morgan fingerprint density at radius 2 is 2.05 bits per heavy atom. The number of carboxylic acid groups (broad SMARTS) is 1. The predicted molar refractivity (Wildman–Crippen MR) is 69.3 cm³/mol. The van der Waals surface area contributed by atoms with Crippen molar-refractivity contribution >= 4 is 16.0 Å². The van der Waals surface area contributed by atoms with E-state index >= 15 is 0 Å². The topological polar surface area (TPSA) is 112 Å². The van der Waals surface area contributed by atoms with Gasteiger partial charge in [-0.3, -0.25) is 9.89 Å². The Bertz CT molecular complexity index is 545. The summed E-state index contributed by atoms with van der Waals surface area (Å²) in [6.07, 6.45) is 0.558. The van der Waals surface area contributed by atoms with E-state index in [9.17, 15) is 13.2 Å². The molecule has 1 heterocycles. The number of H-pyrrole nitrogens is 1. The number of carboxylic acids is 1. The van der Waals surface area contributed by atoms with Gasteiger partial charge in [0.1, 0.15) is 10.9 Å². The van der Waals surface area contributed by atoms with Gasteiger partial charge in [-0.2, -0.15) is 9.82 Å². The van der Waals surface area contributed by atoms with Crippen LogP contribution in [0.5, 0.6) is 0 Å². The molecule has 0 bridgehead atoms. The van der Waals surface area contributed by atoms with Crippen molar-refractivity contribution in [2.75, 3.05) is 0 Å². The van der Waals surface area contributed by atoms with E-state index in [1.807, 2.05) is 6.92 Å². The number of nitrogens with zero attached hydrogens (tertiary/aromatic N) is 1. The van der Waals surface area contributed by atoms with Crippen LogP contribution in [0.25, 0.3) is 0 Å². The smallest absolute Gasteiger partial charge is 0.322 e. The average Bonchev–Trinajstić information content (AvgIpc) is 2.65. The van der Waals surface area contributed by atoms with Gasteiger partial charge < -0.3 is 5.11 Å². The predicted octanol–water partition coefficient (Wildman–Crippen LogP) is 0.804. The first-order valence-electron chi connectivity index (χ1n) is 5.97. The van der Waals surface area contributed by atoms with Crippen molar-refractivity contribution in [2.24, 2.45) is 5.92 Å². The number of aliphatic carboxylic acids is 1. The molecular formula is C11H19N3O4S. The van der Waals surface area contributed by atoms with E-state index in [0.29, 0.717) is 17.8 Å². The first-order chi connectivity index (χ1) is 8.70. The number of sulfonamides is 1. The van der Waals surface area contributed by atoms with E-state index in [2.05, 4.69) is 14.9 Å². The Hall–Kier alpha value is -1.41. The molecule has 8 heteroatoms. The van der Waals surface area contributed by atoms with Gasteiger partial charge in [0.05, 0.1) is 11.4 Å². The summed E-state index contributed by atoms with van der Waals surface area (Å²) in [6.45, 7) is 6.63. The minimum Gasteiger partial charge on any atom is -0.480 e. The highest BCUT2D eigenvalue weighted by atomic mass is 32.2. The summed E-state index contributed by atoms with van der Waals surface area (Å²) in [7, 11) is -3.90. The van der Waals surface area contributed by atoms with Crippen LogP contribution >= 0.6 is 0 Å². The van der Waals surface area contributed by atoms with Gasteiger partial charge in [0.15, 0.2) is 0 Å². The minimum atomic E-state index is -3.90. The van der Waals surface area contributed by atoms with Gasteiger partial charge in [-0.1, -0.05) is 20.3 Å². The molecule has 2 atom stereocenters. The van der Waals surface area contributed by atoms with Gasteiger partial charge in [0, 0.05) is 0 Å². The maximum atomic E-state index is 12.2. The molecule has 0 fully saturated rings. The second-order valence-electron chi connectivity index (χ2n) is 4.59. The third-order valence-electron chi connectivity index (χ3n) is 3.09. The number of aryl methyl sites for hydroxylation is 2. The molecule has 19 heavy (non-hydrogen) atoms. The molecule has 0 saturated heterocycles. The lowest BCUT2D eigenvalue weighted by molar-refractivity contribution is -0.140. The number of carbonyl (C=O) groups is 1. The fraction of sp³-hybridized carbons (Fsp3) is 0.636. The standard InChI is InChI=1S/C11H19N3O4S/c1-5-6(2)9(11(15)16)14-19(17,18)10-7(3)12-13-8(10)4/h6,9,14H,5H2,1-4H3,(H,12,13)(H,15,16)/t6?,9-/m0/s1. The van der Waals surface area contributed by atoms with Crippen LogP contribution in [0.15, 0.2) is 4.90 Å². The lowest BCUT2D eigenvalue weighted by atomic mass is 10.0. The van der Waals surface area contributed by atoms with Crippen LogP contribution < -0.4 is 4.72 Å². The highest BCUT2D eigenvalue weighted by Crippen LogP contribution is 2.18. The van der Waals surface area contributed by atoms with Gasteiger partial charge in [-0.25, -0.2) is 8.42 Å². The fourth-order valence-electron chi connectivity index (χ4n) is 1.81. The van der Waals surface area contributed by atoms with Crippen LogP contribution in [0, 0.1) is 19.8 Å². The van der Waals surface area contributed by atoms with Crippen molar-refractivity contribution in [2.45, 2.75) is 45.1 Å². The quantitative estimate of drug-likeness (QED) is 0.717. The van der Waals surface area contributed by atoms with Crippen LogP contribution in [0.3, 0.4) is 0 Å². The molecule has 1 unspecified atom stereocenters. The van der Waals surface area contributed by atoms with Crippen LogP contribution in [-0.4, -0.2) is 35.7 Å². The molecule has 1 rings (SSSR count). The maximum absolute atomic E-state index is 12.2. The summed E-state index contributed by atoms with van der Waals surface area (Å²) in [6, 6.07) is -1.15. The van der Waals surface area contributed by atoms with Crippen LogP contribution in [-0.2, 0) is 14.8 Å². The number of aromatic nitrogens is 2. The third-order valence-corrected chi connectivity index (χ3v) is 4.79. The molecule has 0 saturated carbocycles. The monoisotopic (exact) mass is 289 g/mol. The van der Waals surface area contributed by atoms with Gasteiger partial charge >= 0.3 is 5.97 Å². The van der Waals surface area contributed by atoms with E-state index < -0.39 is 22.0 Å². The summed E-state index contributed by atoms with van der Waals surface area (Å²) in [5, 5.41) is 15.5. The number of hydrogen-bond acceptors (Lipinski definition) is 4. The Balaban J connectivity index is 3.12. The van der Waals surface area contributed by atoms with Crippen molar-refractivity contribution < 1.29 is 18.3 Å². The first-order valence-corrected chi connectivity index (χ1v) is 7.45. The molecule has 1 aromatic heterocycles. The molecule has 0 amide bonds. The summed E-state index contributed by atoms with van der Waals surface area (Å²) in [5.74, 6) is -1.49. The Kier molecular flexibility index (Phi) is 4.70. The van der Waals surface area contributed by atoms with Crippen molar-refractivity contribution in [3.8, 4) is 0 Å². The lowest BCUT2D eigenvalue weighted by Gasteiger charge is -2.20. The average molecular weight is 289 g/mol. The second-order valence-corrected chi connectivity index (χ2v) is 6.24. The van der Waals surface area contributed by atoms with Crippen molar-refractivity contribution in [3.05, 3.63) is 11.4 Å². The molecule has 7 nitrogen and oxygen atoms in total. The molecule has 0 aliphatic rings. The molecule has 0 radical (unpaired) electrons.